The van der Waals surface area contributed by atoms with Crippen molar-refractivity contribution in [2.75, 3.05) is 32.8 Å². The van der Waals surface area contributed by atoms with Gasteiger partial charge in [-0.1, -0.05) is 51.8 Å². The third-order valence-corrected chi connectivity index (χ3v) is 8.08. The molecule has 9 heteroatoms. The SMILES string of the molecule is O=C(COCl)NC(CCN1CCC2(CC1)CCN(Cc1ccc(Br)cc1)C2=O)c1cccc(Cl)c1. The smallest absolute Gasteiger partial charge is 0.248 e. The van der Waals surface area contributed by atoms with Crippen molar-refractivity contribution in [2.45, 2.75) is 38.3 Å². The van der Waals surface area contributed by atoms with Crippen molar-refractivity contribution >= 4 is 51.2 Å². The lowest BCUT2D eigenvalue weighted by molar-refractivity contribution is -0.139. The van der Waals surface area contributed by atoms with Crippen LogP contribution >= 0.6 is 39.4 Å². The number of nitrogens with one attached hydrogen (secondary N) is 1. The van der Waals surface area contributed by atoms with Crippen LogP contribution in [0.1, 0.15) is 42.9 Å². The molecule has 2 aromatic rings. The molecule has 1 spiro atoms. The fourth-order valence-corrected chi connectivity index (χ4v) is 5.73. The van der Waals surface area contributed by atoms with Crippen molar-refractivity contribution < 1.29 is 13.9 Å². The predicted octanol–water partition coefficient (Wildman–Crippen LogP) is 5.34. The van der Waals surface area contributed by atoms with Gasteiger partial charge in [0.1, 0.15) is 6.61 Å². The van der Waals surface area contributed by atoms with Crippen LogP contribution in [0.3, 0.4) is 0 Å². The monoisotopic (exact) mass is 581 g/mol. The highest BCUT2D eigenvalue weighted by atomic mass is 79.9. The Bertz CT molecular complexity index is 1030. The van der Waals surface area contributed by atoms with Gasteiger partial charge in [-0.25, -0.2) is 0 Å². The van der Waals surface area contributed by atoms with Crippen LogP contribution in [0.4, 0.5) is 0 Å². The van der Waals surface area contributed by atoms with Crippen LogP contribution in [0.2, 0.25) is 5.02 Å². The molecule has 2 heterocycles. The number of likely N-dealkylation sites (tertiary alicyclic amines) is 2. The molecule has 2 fully saturated rings. The quantitative estimate of drug-likeness (QED) is 0.434. The second-order valence-corrected chi connectivity index (χ2v) is 11.0. The predicted molar refractivity (Wildman–Crippen MR) is 141 cm³/mol. The molecule has 1 N–H and O–H groups in total. The molecule has 35 heavy (non-hydrogen) atoms. The number of benzene rings is 2. The Balaban J connectivity index is 1.31. The first-order chi connectivity index (χ1) is 16.9. The number of rotatable bonds is 9. The highest BCUT2D eigenvalue weighted by molar-refractivity contribution is 9.10. The average molecular weight is 583 g/mol. The van der Waals surface area contributed by atoms with E-state index in [-0.39, 0.29) is 24.0 Å². The summed E-state index contributed by atoms with van der Waals surface area (Å²) in [7, 11) is 0. The van der Waals surface area contributed by atoms with Crippen LogP contribution in [-0.4, -0.2) is 54.4 Å². The molecule has 1 unspecified atom stereocenters. The summed E-state index contributed by atoms with van der Waals surface area (Å²) in [5.74, 6) is 0.0233. The Labute approximate surface area is 225 Å². The second-order valence-electron chi connectivity index (χ2n) is 9.44. The lowest BCUT2D eigenvalue weighted by atomic mass is 9.77. The van der Waals surface area contributed by atoms with Crippen molar-refractivity contribution in [1.82, 2.24) is 15.1 Å². The molecular weight excluding hydrogens is 553 g/mol. The van der Waals surface area contributed by atoms with Crippen LogP contribution in [0.15, 0.2) is 53.0 Å². The van der Waals surface area contributed by atoms with Gasteiger partial charge in [0.05, 0.1) is 23.3 Å². The Morgan fingerprint density at radius 3 is 2.51 bits per heavy atom. The second kappa shape index (κ2) is 12.1. The zero-order valence-electron chi connectivity index (χ0n) is 19.5. The van der Waals surface area contributed by atoms with Gasteiger partial charge in [0.2, 0.25) is 11.8 Å². The molecule has 1 atom stereocenters. The first kappa shape index (κ1) is 26.4. The first-order valence-corrected chi connectivity index (χ1v) is 13.4. The zero-order chi connectivity index (χ0) is 24.8. The summed E-state index contributed by atoms with van der Waals surface area (Å²) in [5, 5.41) is 3.62. The van der Waals surface area contributed by atoms with E-state index < -0.39 is 0 Å². The fourth-order valence-electron chi connectivity index (χ4n) is 5.17. The largest absolute Gasteiger partial charge is 0.347 e. The van der Waals surface area contributed by atoms with Crippen LogP contribution in [0, 0.1) is 5.41 Å². The minimum Gasteiger partial charge on any atom is -0.347 e. The van der Waals surface area contributed by atoms with Crippen molar-refractivity contribution in [3.63, 3.8) is 0 Å². The maximum absolute atomic E-state index is 13.3. The molecule has 2 amide bonds. The van der Waals surface area contributed by atoms with E-state index in [1.807, 2.05) is 41.3 Å². The summed E-state index contributed by atoms with van der Waals surface area (Å²) >= 11 is 14.9. The van der Waals surface area contributed by atoms with Gasteiger partial charge in [0, 0.05) is 29.1 Å². The van der Waals surface area contributed by atoms with Crippen molar-refractivity contribution in [1.29, 1.82) is 0 Å². The van der Waals surface area contributed by atoms with Gasteiger partial charge in [-0.2, -0.15) is 0 Å². The number of hydrogen-bond acceptors (Lipinski definition) is 4. The van der Waals surface area contributed by atoms with Crippen LogP contribution in [0.25, 0.3) is 0 Å². The number of carbonyl (C=O) groups is 2. The van der Waals surface area contributed by atoms with Gasteiger partial charge in [0.15, 0.2) is 0 Å². The van der Waals surface area contributed by atoms with Crippen LogP contribution in [0.5, 0.6) is 0 Å². The summed E-state index contributed by atoms with van der Waals surface area (Å²) in [4.78, 5) is 29.9. The number of carbonyl (C=O) groups excluding carboxylic acids is 2. The van der Waals surface area contributed by atoms with Gasteiger partial charge in [-0.15, -0.1) is 0 Å². The van der Waals surface area contributed by atoms with Gasteiger partial charge in [-0.3, -0.25) is 13.9 Å². The van der Waals surface area contributed by atoms with E-state index in [0.717, 1.165) is 67.5 Å². The van der Waals surface area contributed by atoms with E-state index in [1.165, 1.54) is 0 Å². The number of amides is 2. The van der Waals surface area contributed by atoms with Gasteiger partial charge >= 0.3 is 0 Å². The maximum atomic E-state index is 13.3. The third-order valence-electron chi connectivity index (χ3n) is 7.21. The zero-order valence-corrected chi connectivity index (χ0v) is 22.6. The maximum Gasteiger partial charge on any atom is 0.248 e. The van der Waals surface area contributed by atoms with Crippen LogP contribution in [-0.2, 0) is 20.4 Å². The number of hydrogen-bond donors (Lipinski definition) is 1. The molecule has 2 saturated heterocycles. The van der Waals surface area contributed by atoms with E-state index in [2.05, 4.69) is 42.6 Å². The molecule has 0 radical (unpaired) electrons. The number of nitrogens with zero attached hydrogens (tertiary/aromatic N) is 2. The van der Waals surface area contributed by atoms with E-state index in [4.69, 9.17) is 23.5 Å². The summed E-state index contributed by atoms with van der Waals surface area (Å²) < 4.78 is 5.50. The summed E-state index contributed by atoms with van der Waals surface area (Å²) in [6, 6.07) is 15.5. The molecule has 188 valence electrons. The summed E-state index contributed by atoms with van der Waals surface area (Å²) in [6.45, 7) is 3.85. The molecule has 2 aliphatic rings. The van der Waals surface area contributed by atoms with Gasteiger partial charge in [0.25, 0.3) is 0 Å². The Morgan fingerprint density at radius 1 is 1.11 bits per heavy atom. The topological polar surface area (TPSA) is 61.9 Å². The van der Waals surface area contributed by atoms with Gasteiger partial charge in [-0.05, 0) is 74.2 Å². The van der Waals surface area contributed by atoms with E-state index >= 15 is 0 Å². The Morgan fingerprint density at radius 2 is 1.83 bits per heavy atom. The highest BCUT2D eigenvalue weighted by Crippen LogP contribution is 2.42. The van der Waals surface area contributed by atoms with Gasteiger partial charge < -0.3 is 15.1 Å². The molecule has 2 aliphatic heterocycles. The number of halogens is 3. The van der Waals surface area contributed by atoms with E-state index in [9.17, 15) is 9.59 Å². The standard InChI is InChI=1S/C26H30BrCl2N3O3/c27-21-6-4-19(5-7-21)17-32-15-11-26(25(32)34)9-13-31(14-10-26)12-8-23(30-24(33)18-35-29)20-2-1-3-22(28)16-20/h1-7,16,23H,8-15,17-18H2,(H,30,33). The van der Waals surface area contributed by atoms with E-state index in [1.54, 1.807) is 0 Å². The molecular formula is C26H30BrCl2N3O3. The molecule has 2 aromatic carbocycles. The first-order valence-electron chi connectivity index (χ1n) is 11.9. The molecule has 0 aliphatic carbocycles. The minimum atomic E-state index is -0.273. The molecule has 0 aromatic heterocycles. The lowest BCUT2D eigenvalue weighted by Gasteiger charge is -2.38. The molecule has 4 rings (SSSR count). The van der Waals surface area contributed by atoms with Crippen molar-refractivity contribution in [2.24, 2.45) is 5.41 Å². The molecule has 0 bridgehead atoms. The van der Waals surface area contributed by atoms with E-state index in [0.29, 0.717) is 17.5 Å². The normalized spacial score (nSPS) is 18.7. The van der Waals surface area contributed by atoms with Crippen LogP contribution < -0.4 is 5.32 Å². The summed E-state index contributed by atoms with van der Waals surface area (Å²) in [6.07, 6.45) is 3.40. The third kappa shape index (κ3) is 6.77. The average Bonchev–Trinajstić information content (AvgIpc) is 3.14. The van der Waals surface area contributed by atoms with Crippen molar-refractivity contribution in [3.05, 3.63) is 69.2 Å². The Hall–Kier alpha value is -1.64. The minimum absolute atomic E-state index is 0.196. The Kier molecular flexibility index (Phi) is 9.11. The fraction of sp³-hybridized carbons (Fsp3) is 0.462. The lowest BCUT2D eigenvalue weighted by Crippen LogP contribution is -2.45. The summed E-state index contributed by atoms with van der Waals surface area (Å²) in [5.41, 5.74) is 1.87. The highest BCUT2D eigenvalue weighted by Gasteiger charge is 2.47. The molecule has 0 saturated carbocycles. The molecule has 6 nitrogen and oxygen atoms in total. The van der Waals surface area contributed by atoms with Crippen molar-refractivity contribution in [3.8, 4) is 0 Å². The number of piperidine rings is 1.